The van der Waals surface area contributed by atoms with E-state index in [4.69, 9.17) is 0 Å². The van der Waals surface area contributed by atoms with Gasteiger partial charge in [-0.25, -0.2) is 9.78 Å². The molecule has 3 heterocycles. The van der Waals surface area contributed by atoms with Gasteiger partial charge in [0.25, 0.3) is 5.56 Å². The fourth-order valence-electron chi connectivity index (χ4n) is 3.19. The number of hydrogen-bond donors (Lipinski definition) is 2. The van der Waals surface area contributed by atoms with Crippen LogP contribution >= 0.6 is 0 Å². The zero-order chi connectivity index (χ0) is 19.1. The smallest absolute Gasteiger partial charge is 0.332 e. The minimum absolute atomic E-state index is 0.188. The van der Waals surface area contributed by atoms with Crippen molar-refractivity contribution >= 4 is 33.5 Å². The van der Waals surface area contributed by atoms with Crippen molar-refractivity contribution in [2.45, 2.75) is 6.42 Å². The maximum Gasteiger partial charge on any atom is 0.332 e. The first-order valence-corrected chi connectivity index (χ1v) is 8.36. The van der Waals surface area contributed by atoms with Gasteiger partial charge in [-0.05, 0) is 17.7 Å². The highest BCUT2D eigenvalue weighted by Crippen LogP contribution is 2.19. The predicted molar refractivity (Wildman–Crippen MR) is 103 cm³/mol. The molecule has 0 spiro atoms. The minimum atomic E-state index is -0.451. The molecule has 0 bridgehead atoms. The highest BCUT2D eigenvalue weighted by Gasteiger charge is 2.13. The van der Waals surface area contributed by atoms with Gasteiger partial charge in [-0.2, -0.15) is 0 Å². The lowest BCUT2D eigenvalue weighted by atomic mass is 10.1. The number of amides is 1. The summed E-state index contributed by atoms with van der Waals surface area (Å²) in [5, 5.41) is 4.03. The highest BCUT2D eigenvalue weighted by molar-refractivity contribution is 5.96. The van der Waals surface area contributed by atoms with Crippen molar-refractivity contribution in [2.24, 2.45) is 14.1 Å². The molecule has 0 unspecified atom stereocenters. The van der Waals surface area contributed by atoms with E-state index >= 15 is 0 Å². The quantitative estimate of drug-likeness (QED) is 0.573. The lowest BCUT2D eigenvalue weighted by Crippen LogP contribution is -2.37. The SMILES string of the molecule is Cn1c(=O)c2cc(NC(=O)Cc3c[nH]c4ccccc34)cnc2n(C)c1=O. The fourth-order valence-corrected chi connectivity index (χ4v) is 3.19. The third-order valence-electron chi connectivity index (χ3n) is 4.60. The number of H-pyrrole nitrogens is 1. The Hall–Kier alpha value is -3.68. The molecule has 1 amide bonds. The lowest BCUT2D eigenvalue weighted by Gasteiger charge is -2.09. The molecule has 4 rings (SSSR count). The van der Waals surface area contributed by atoms with E-state index in [-0.39, 0.29) is 23.4 Å². The number of aromatic amines is 1. The van der Waals surface area contributed by atoms with Gasteiger partial charge < -0.3 is 10.3 Å². The van der Waals surface area contributed by atoms with E-state index in [0.29, 0.717) is 5.69 Å². The Kier molecular flexibility index (Phi) is 3.88. The highest BCUT2D eigenvalue weighted by atomic mass is 16.2. The second-order valence-electron chi connectivity index (χ2n) is 6.39. The summed E-state index contributed by atoms with van der Waals surface area (Å²) in [6.45, 7) is 0. The Morgan fingerprint density at radius 3 is 2.74 bits per heavy atom. The predicted octanol–water partition coefficient (Wildman–Crippen LogP) is 1.29. The molecule has 4 aromatic rings. The first-order chi connectivity index (χ1) is 13.0. The van der Waals surface area contributed by atoms with Crippen LogP contribution in [0.2, 0.25) is 0 Å². The van der Waals surface area contributed by atoms with Crippen molar-refractivity contribution in [3.8, 4) is 0 Å². The third-order valence-corrected chi connectivity index (χ3v) is 4.60. The molecule has 0 aliphatic heterocycles. The number of aryl methyl sites for hydroxylation is 1. The second kappa shape index (κ2) is 6.24. The van der Waals surface area contributed by atoms with E-state index in [9.17, 15) is 14.4 Å². The number of benzene rings is 1. The zero-order valence-electron chi connectivity index (χ0n) is 14.8. The van der Waals surface area contributed by atoms with E-state index < -0.39 is 11.2 Å². The van der Waals surface area contributed by atoms with Crippen molar-refractivity contribution < 1.29 is 4.79 Å². The Bertz CT molecular complexity index is 1310. The minimum Gasteiger partial charge on any atom is -0.361 e. The van der Waals surface area contributed by atoms with E-state index in [1.165, 1.54) is 23.9 Å². The maximum absolute atomic E-state index is 12.4. The van der Waals surface area contributed by atoms with Gasteiger partial charge in [-0.1, -0.05) is 18.2 Å². The molecule has 1 aromatic carbocycles. The van der Waals surface area contributed by atoms with Crippen LogP contribution in [0.3, 0.4) is 0 Å². The van der Waals surface area contributed by atoms with E-state index in [0.717, 1.165) is 21.0 Å². The van der Waals surface area contributed by atoms with Gasteiger partial charge in [-0.15, -0.1) is 0 Å². The number of aromatic nitrogens is 4. The average molecular weight is 363 g/mol. The van der Waals surface area contributed by atoms with Crippen LogP contribution in [0.5, 0.6) is 0 Å². The first kappa shape index (κ1) is 16.8. The molecular weight excluding hydrogens is 346 g/mol. The molecule has 0 saturated carbocycles. The number of anilines is 1. The molecule has 0 atom stereocenters. The summed E-state index contributed by atoms with van der Waals surface area (Å²) in [5.74, 6) is -0.220. The van der Waals surface area contributed by atoms with Crippen LogP contribution in [0, 0.1) is 0 Å². The van der Waals surface area contributed by atoms with Crippen LogP contribution < -0.4 is 16.6 Å². The summed E-state index contributed by atoms with van der Waals surface area (Å²) >= 11 is 0. The van der Waals surface area contributed by atoms with Crippen LogP contribution in [-0.2, 0) is 25.3 Å². The Morgan fingerprint density at radius 1 is 1.15 bits per heavy atom. The second-order valence-corrected chi connectivity index (χ2v) is 6.39. The number of carbonyl (C=O) groups excluding carboxylic acids is 1. The van der Waals surface area contributed by atoms with Crippen LogP contribution in [0.1, 0.15) is 5.56 Å². The number of nitrogens with zero attached hydrogens (tertiary/aromatic N) is 3. The van der Waals surface area contributed by atoms with Crippen LogP contribution in [0.4, 0.5) is 5.69 Å². The molecule has 0 aliphatic carbocycles. The standard InChI is InChI=1S/C19H17N5O3/c1-23-17-14(18(26)24(2)19(23)27)8-12(10-21-17)22-16(25)7-11-9-20-15-6-4-3-5-13(11)15/h3-6,8-10,20H,7H2,1-2H3,(H,22,25). The molecule has 2 N–H and O–H groups in total. The zero-order valence-corrected chi connectivity index (χ0v) is 14.8. The molecule has 8 heteroatoms. The summed E-state index contributed by atoms with van der Waals surface area (Å²) < 4.78 is 2.32. The number of rotatable bonds is 3. The van der Waals surface area contributed by atoms with Crippen LogP contribution in [0.15, 0.2) is 52.3 Å². The normalized spacial score (nSPS) is 11.2. The lowest BCUT2D eigenvalue weighted by molar-refractivity contribution is -0.115. The number of carbonyl (C=O) groups is 1. The van der Waals surface area contributed by atoms with Crippen LogP contribution in [-0.4, -0.2) is 25.0 Å². The third kappa shape index (κ3) is 2.80. The number of nitrogens with one attached hydrogen (secondary N) is 2. The van der Waals surface area contributed by atoms with Crippen molar-refractivity contribution in [3.05, 3.63) is 69.1 Å². The Balaban J connectivity index is 1.64. The van der Waals surface area contributed by atoms with E-state index in [1.54, 1.807) is 7.05 Å². The van der Waals surface area contributed by atoms with Gasteiger partial charge >= 0.3 is 5.69 Å². The molecule has 136 valence electrons. The van der Waals surface area contributed by atoms with Gasteiger partial charge in [0.2, 0.25) is 5.91 Å². The number of pyridine rings is 1. The summed E-state index contributed by atoms with van der Waals surface area (Å²) in [7, 11) is 2.96. The summed E-state index contributed by atoms with van der Waals surface area (Å²) in [5.41, 5.74) is 1.64. The number of hydrogen-bond acceptors (Lipinski definition) is 4. The van der Waals surface area contributed by atoms with Crippen molar-refractivity contribution in [2.75, 3.05) is 5.32 Å². The molecule has 0 fully saturated rings. The van der Waals surface area contributed by atoms with Gasteiger partial charge in [0.15, 0.2) is 0 Å². The molecule has 27 heavy (non-hydrogen) atoms. The topological polar surface area (TPSA) is 102 Å². The summed E-state index contributed by atoms with van der Waals surface area (Å²) in [6, 6.07) is 9.29. The molecule has 0 radical (unpaired) electrons. The van der Waals surface area contributed by atoms with Gasteiger partial charge in [0.05, 0.1) is 23.7 Å². The van der Waals surface area contributed by atoms with Gasteiger partial charge in [-0.3, -0.25) is 18.7 Å². The van der Waals surface area contributed by atoms with Gasteiger partial charge in [0.1, 0.15) is 5.65 Å². The van der Waals surface area contributed by atoms with Gasteiger partial charge in [0, 0.05) is 31.2 Å². The maximum atomic E-state index is 12.4. The summed E-state index contributed by atoms with van der Waals surface area (Å²) in [4.78, 5) is 44.1. The number of para-hydroxylation sites is 1. The van der Waals surface area contributed by atoms with Crippen LogP contribution in [0.25, 0.3) is 21.9 Å². The Labute approximate surface area is 153 Å². The van der Waals surface area contributed by atoms with Crippen molar-refractivity contribution in [3.63, 3.8) is 0 Å². The van der Waals surface area contributed by atoms with Crippen molar-refractivity contribution in [1.29, 1.82) is 0 Å². The van der Waals surface area contributed by atoms with E-state index in [2.05, 4.69) is 15.3 Å². The first-order valence-electron chi connectivity index (χ1n) is 8.36. The van der Waals surface area contributed by atoms with E-state index in [1.807, 2.05) is 30.5 Å². The largest absolute Gasteiger partial charge is 0.361 e. The Morgan fingerprint density at radius 2 is 1.93 bits per heavy atom. The molecule has 3 aromatic heterocycles. The molecule has 8 nitrogen and oxygen atoms in total. The molecule has 0 saturated heterocycles. The molecular formula is C19H17N5O3. The monoisotopic (exact) mass is 363 g/mol. The number of fused-ring (bicyclic) bond motifs is 2. The average Bonchev–Trinajstić information content (AvgIpc) is 3.07. The van der Waals surface area contributed by atoms with Crippen molar-refractivity contribution in [1.82, 2.24) is 19.1 Å². The fraction of sp³-hybridized carbons (Fsp3) is 0.158. The summed E-state index contributed by atoms with van der Waals surface area (Å²) in [6.07, 6.45) is 3.44. The molecule has 0 aliphatic rings.